The minimum atomic E-state index is -0.102. The van der Waals surface area contributed by atoms with Gasteiger partial charge >= 0.3 is 6.03 Å². The average Bonchev–Trinajstić information content (AvgIpc) is 3.25. The van der Waals surface area contributed by atoms with E-state index in [2.05, 4.69) is 10.3 Å². The number of nitrogens with one attached hydrogen (secondary N) is 1. The van der Waals surface area contributed by atoms with E-state index in [-0.39, 0.29) is 6.03 Å². The van der Waals surface area contributed by atoms with Crippen LogP contribution in [0.1, 0.15) is 23.9 Å². The predicted octanol–water partition coefficient (Wildman–Crippen LogP) is 1.60. The Bertz CT molecular complexity index is 770. The van der Waals surface area contributed by atoms with Crippen molar-refractivity contribution in [3.63, 3.8) is 0 Å². The van der Waals surface area contributed by atoms with Gasteiger partial charge in [0.05, 0.1) is 32.5 Å². The van der Waals surface area contributed by atoms with Gasteiger partial charge in [-0.2, -0.15) is 5.10 Å². The molecule has 1 aliphatic rings. The maximum atomic E-state index is 12.4. The van der Waals surface area contributed by atoms with E-state index in [1.165, 1.54) is 0 Å². The zero-order valence-electron chi connectivity index (χ0n) is 16.2. The van der Waals surface area contributed by atoms with E-state index in [9.17, 15) is 4.79 Å². The number of methoxy groups -OCH3 is 1. The molecule has 0 saturated heterocycles. The van der Waals surface area contributed by atoms with Gasteiger partial charge in [0.1, 0.15) is 5.76 Å². The van der Waals surface area contributed by atoms with Gasteiger partial charge in [-0.3, -0.25) is 4.68 Å². The summed E-state index contributed by atoms with van der Waals surface area (Å²) in [5.41, 5.74) is 2.80. The normalized spacial score (nSPS) is 13.7. The molecular formula is C18H27N5O4. The summed E-state index contributed by atoms with van der Waals surface area (Å²) >= 11 is 0. The van der Waals surface area contributed by atoms with Gasteiger partial charge in [-0.1, -0.05) is 0 Å². The number of urea groups is 1. The molecule has 0 unspecified atom stereocenters. The Hall–Kier alpha value is -2.39. The van der Waals surface area contributed by atoms with Crippen molar-refractivity contribution in [2.24, 2.45) is 0 Å². The third kappa shape index (κ3) is 4.48. The summed E-state index contributed by atoms with van der Waals surface area (Å²) in [6, 6.07) is -0.102. The lowest BCUT2D eigenvalue weighted by Crippen LogP contribution is -2.43. The first-order valence-corrected chi connectivity index (χ1v) is 9.24. The molecule has 0 spiro atoms. The van der Waals surface area contributed by atoms with Gasteiger partial charge in [0.25, 0.3) is 0 Å². The molecule has 0 atom stereocenters. The van der Waals surface area contributed by atoms with Gasteiger partial charge in [-0.25, -0.2) is 9.78 Å². The van der Waals surface area contributed by atoms with Gasteiger partial charge in [0.2, 0.25) is 5.89 Å². The van der Waals surface area contributed by atoms with Crippen molar-refractivity contribution in [1.29, 1.82) is 0 Å². The number of hydrogen-bond acceptors (Lipinski definition) is 6. The smallest absolute Gasteiger partial charge is 0.317 e. The Morgan fingerprint density at radius 1 is 1.41 bits per heavy atom. The van der Waals surface area contributed by atoms with Crippen LogP contribution in [0.3, 0.4) is 0 Å². The van der Waals surface area contributed by atoms with Crippen LogP contribution in [0.2, 0.25) is 0 Å². The molecule has 27 heavy (non-hydrogen) atoms. The van der Waals surface area contributed by atoms with E-state index in [1.54, 1.807) is 18.2 Å². The summed E-state index contributed by atoms with van der Waals surface area (Å²) in [7, 11) is 1.61. The number of oxazole rings is 1. The van der Waals surface area contributed by atoms with Crippen molar-refractivity contribution in [3.05, 3.63) is 23.2 Å². The summed E-state index contributed by atoms with van der Waals surface area (Å²) in [4.78, 5) is 18.5. The van der Waals surface area contributed by atoms with Crippen molar-refractivity contribution in [2.75, 3.05) is 40.0 Å². The van der Waals surface area contributed by atoms with E-state index in [0.29, 0.717) is 57.6 Å². The van der Waals surface area contributed by atoms with Crippen molar-refractivity contribution in [3.8, 4) is 11.6 Å². The molecule has 0 radical (unpaired) electrons. The fraction of sp³-hybridized carbons (Fsp3) is 0.611. The van der Waals surface area contributed by atoms with Crippen LogP contribution in [0.15, 0.2) is 10.6 Å². The highest BCUT2D eigenvalue weighted by Crippen LogP contribution is 2.30. The molecule has 2 aromatic heterocycles. The lowest BCUT2D eigenvalue weighted by Gasteiger charge is -2.28. The minimum absolute atomic E-state index is 0.102. The standard InChI is InChI=1S/C18H27N5O4/c1-4-26-10-8-23-15-5-7-22(18(24)19-6-9-25-3)12-14(15)16(21-23)17-20-11-13(2)27-17/h11H,4-10,12H2,1-3H3,(H,19,24). The van der Waals surface area contributed by atoms with E-state index in [0.717, 1.165) is 23.4 Å². The zero-order chi connectivity index (χ0) is 19.2. The lowest BCUT2D eigenvalue weighted by atomic mass is 10.1. The van der Waals surface area contributed by atoms with Crippen LogP contribution < -0.4 is 5.32 Å². The van der Waals surface area contributed by atoms with Gasteiger partial charge in [-0.05, 0) is 13.8 Å². The number of aromatic nitrogens is 3. The Morgan fingerprint density at radius 2 is 2.26 bits per heavy atom. The molecule has 3 heterocycles. The number of rotatable bonds is 8. The van der Waals surface area contributed by atoms with Crippen LogP contribution in [0.4, 0.5) is 4.79 Å². The minimum Gasteiger partial charge on any atom is -0.440 e. The first-order chi connectivity index (χ1) is 13.1. The van der Waals surface area contributed by atoms with Gasteiger partial charge in [-0.15, -0.1) is 0 Å². The highest BCUT2D eigenvalue weighted by Gasteiger charge is 2.29. The highest BCUT2D eigenvalue weighted by molar-refractivity contribution is 5.75. The van der Waals surface area contributed by atoms with E-state index in [4.69, 9.17) is 19.0 Å². The molecule has 0 aliphatic carbocycles. The Balaban J connectivity index is 1.82. The number of carbonyl (C=O) groups is 1. The molecule has 148 valence electrons. The fourth-order valence-electron chi connectivity index (χ4n) is 3.15. The molecule has 9 nitrogen and oxygen atoms in total. The Kier molecular flexibility index (Phi) is 6.46. The van der Waals surface area contributed by atoms with E-state index in [1.807, 2.05) is 18.5 Å². The van der Waals surface area contributed by atoms with Crippen LogP contribution in [0.5, 0.6) is 0 Å². The lowest BCUT2D eigenvalue weighted by molar-refractivity contribution is 0.135. The molecule has 3 rings (SSSR count). The summed E-state index contributed by atoms with van der Waals surface area (Å²) in [6.07, 6.45) is 2.41. The Labute approximate surface area is 158 Å². The summed E-state index contributed by atoms with van der Waals surface area (Å²) < 4.78 is 18.1. The predicted molar refractivity (Wildman–Crippen MR) is 98.3 cm³/mol. The second-order valence-electron chi connectivity index (χ2n) is 6.37. The number of fused-ring (bicyclic) bond motifs is 1. The molecule has 0 aromatic carbocycles. The summed E-state index contributed by atoms with van der Waals surface area (Å²) in [6.45, 7) is 7.83. The third-order valence-electron chi connectivity index (χ3n) is 4.48. The first-order valence-electron chi connectivity index (χ1n) is 9.24. The van der Waals surface area contributed by atoms with Gasteiger partial charge in [0.15, 0.2) is 5.69 Å². The van der Waals surface area contributed by atoms with Crippen LogP contribution in [-0.4, -0.2) is 65.7 Å². The monoisotopic (exact) mass is 377 g/mol. The molecule has 0 bridgehead atoms. The maximum absolute atomic E-state index is 12.4. The quantitative estimate of drug-likeness (QED) is 0.702. The van der Waals surface area contributed by atoms with E-state index >= 15 is 0 Å². The van der Waals surface area contributed by atoms with E-state index < -0.39 is 0 Å². The molecule has 2 amide bonds. The number of hydrogen-bond donors (Lipinski definition) is 1. The Morgan fingerprint density at radius 3 is 2.96 bits per heavy atom. The number of ether oxygens (including phenoxy) is 2. The molecule has 0 fully saturated rings. The van der Waals surface area contributed by atoms with Crippen LogP contribution in [-0.2, 0) is 29.0 Å². The second kappa shape index (κ2) is 9.01. The molecule has 0 saturated carbocycles. The van der Waals surface area contributed by atoms with Crippen LogP contribution in [0, 0.1) is 6.92 Å². The topological polar surface area (TPSA) is 94.7 Å². The number of aryl methyl sites for hydroxylation is 1. The van der Waals surface area contributed by atoms with Gasteiger partial charge < -0.3 is 24.1 Å². The molecule has 1 aliphatic heterocycles. The molecular weight excluding hydrogens is 350 g/mol. The van der Waals surface area contributed by atoms with Crippen LogP contribution in [0.25, 0.3) is 11.6 Å². The number of carbonyl (C=O) groups excluding carboxylic acids is 1. The molecule has 2 aromatic rings. The zero-order valence-corrected chi connectivity index (χ0v) is 16.2. The van der Waals surface area contributed by atoms with Crippen LogP contribution >= 0.6 is 0 Å². The average molecular weight is 377 g/mol. The van der Waals surface area contributed by atoms with Crippen molar-refractivity contribution >= 4 is 6.03 Å². The van der Waals surface area contributed by atoms with Crippen molar-refractivity contribution in [2.45, 2.75) is 33.4 Å². The first kappa shape index (κ1) is 19.4. The van der Waals surface area contributed by atoms with Crippen molar-refractivity contribution < 1.29 is 18.7 Å². The second-order valence-corrected chi connectivity index (χ2v) is 6.37. The number of nitrogens with zero attached hydrogens (tertiary/aromatic N) is 4. The fourth-order valence-corrected chi connectivity index (χ4v) is 3.15. The third-order valence-corrected chi connectivity index (χ3v) is 4.48. The largest absolute Gasteiger partial charge is 0.440 e. The summed E-state index contributed by atoms with van der Waals surface area (Å²) in [5.74, 6) is 1.22. The molecule has 1 N–H and O–H groups in total. The molecule has 9 heteroatoms. The maximum Gasteiger partial charge on any atom is 0.317 e. The van der Waals surface area contributed by atoms with Gasteiger partial charge in [0, 0.05) is 44.5 Å². The number of amides is 2. The highest BCUT2D eigenvalue weighted by atomic mass is 16.5. The SMILES string of the molecule is CCOCCn1nc(-c2ncc(C)o2)c2c1CCN(C(=O)NCCOC)C2. The summed E-state index contributed by atoms with van der Waals surface area (Å²) in [5, 5.41) is 7.59. The van der Waals surface area contributed by atoms with Crippen molar-refractivity contribution in [1.82, 2.24) is 25.0 Å².